The zero-order valence-electron chi connectivity index (χ0n) is 12.1. The summed E-state index contributed by atoms with van der Waals surface area (Å²) in [6.07, 6.45) is 0. The van der Waals surface area contributed by atoms with Crippen molar-refractivity contribution in [2.24, 2.45) is 0 Å². The van der Waals surface area contributed by atoms with Gasteiger partial charge in [0.05, 0.1) is 0 Å². The van der Waals surface area contributed by atoms with Crippen molar-refractivity contribution in [1.29, 1.82) is 0 Å². The van der Waals surface area contributed by atoms with E-state index in [1.807, 2.05) is 37.2 Å². The first kappa shape index (κ1) is 15.5. The predicted octanol–water partition coefficient (Wildman–Crippen LogP) is 1.52. The largest absolute Gasteiger partial charge is 0.379 e. The average Bonchev–Trinajstić information content (AvgIpc) is 2.44. The van der Waals surface area contributed by atoms with Crippen molar-refractivity contribution in [3.05, 3.63) is 55.3 Å². The van der Waals surface area contributed by atoms with Crippen LogP contribution in [0.2, 0.25) is 5.02 Å². The second-order valence-electron chi connectivity index (χ2n) is 5.12. The fraction of sp³-hybridized carbons (Fsp3) is 0.333. The van der Waals surface area contributed by atoms with Gasteiger partial charge in [-0.15, -0.1) is 0 Å². The van der Waals surface area contributed by atoms with E-state index in [-0.39, 0.29) is 0 Å². The molecule has 112 valence electrons. The average molecular weight is 308 g/mol. The third-order valence-electron chi connectivity index (χ3n) is 3.13. The number of anilines is 2. The number of nitrogens with one attached hydrogen (secondary N) is 2. The van der Waals surface area contributed by atoms with E-state index in [0.717, 1.165) is 12.1 Å². The molecule has 2 N–H and O–H groups in total. The van der Waals surface area contributed by atoms with Crippen LogP contribution in [0, 0.1) is 0 Å². The smallest absolute Gasteiger partial charge is 0.253 e. The second-order valence-corrected chi connectivity index (χ2v) is 5.56. The molecule has 5 nitrogen and oxygen atoms in total. The van der Waals surface area contributed by atoms with Gasteiger partial charge in [0.1, 0.15) is 11.4 Å². The molecule has 0 amide bonds. The van der Waals surface area contributed by atoms with Crippen LogP contribution in [0.25, 0.3) is 0 Å². The highest BCUT2D eigenvalue weighted by atomic mass is 35.5. The number of hydrogen-bond donors (Lipinski definition) is 2. The number of nitrogens with zero attached hydrogens (tertiary/aromatic N) is 1. The number of benzene rings is 1. The van der Waals surface area contributed by atoms with Crippen LogP contribution in [-0.4, -0.2) is 32.1 Å². The van der Waals surface area contributed by atoms with Crippen molar-refractivity contribution in [3.63, 3.8) is 0 Å². The summed E-state index contributed by atoms with van der Waals surface area (Å²) in [7, 11) is 3.89. The summed E-state index contributed by atoms with van der Waals surface area (Å²) >= 11 is 5.91. The van der Waals surface area contributed by atoms with E-state index in [9.17, 15) is 9.59 Å². The molecule has 6 heteroatoms. The maximum absolute atomic E-state index is 11.6. The fourth-order valence-electron chi connectivity index (χ4n) is 1.97. The Labute approximate surface area is 128 Å². The van der Waals surface area contributed by atoms with Crippen LogP contribution in [0.3, 0.4) is 0 Å². The summed E-state index contributed by atoms with van der Waals surface area (Å²) in [5.74, 6) is 0. The van der Waals surface area contributed by atoms with Gasteiger partial charge in [0, 0.05) is 24.7 Å². The third-order valence-corrected chi connectivity index (χ3v) is 3.36. The standard InChI is InChI=1S/C15H18ClN3O2/c1-19(2)7-6-17-12-13(15(21)14(12)20)18-9-10-4-3-5-11(16)8-10/h3-5,8,17-18H,6-7,9H2,1-2H3. The molecule has 2 rings (SSSR count). The van der Waals surface area contributed by atoms with Crippen molar-refractivity contribution in [3.8, 4) is 0 Å². The van der Waals surface area contributed by atoms with Gasteiger partial charge in [0.25, 0.3) is 10.9 Å². The lowest BCUT2D eigenvalue weighted by Gasteiger charge is -2.16. The second kappa shape index (κ2) is 6.74. The minimum absolute atomic E-state index is 0.360. The number of rotatable bonds is 7. The van der Waals surface area contributed by atoms with Crippen molar-refractivity contribution >= 4 is 23.0 Å². The first-order chi connectivity index (χ1) is 9.99. The Morgan fingerprint density at radius 2 is 1.76 bits per heavy atom. The van der Waals surface area contributed by atoms with E-state index in [2.05, 4.69) is 10.6 Å². The molecule has 0 aliphatic heterocycles. The molecule has 0 aromatic heterocycles. The van der Waals surface area contributed by atoms with Crippen LogP contribution in [-0.2, 0) is 6.54 Å². The molecule has 0 aliphatic rings. The Bertz CT molecular complexity index is 690. The Balaban J connectivity index is 1.99. The van der Waals surface area contributed by atoms with Gasteiger partial charge in [-0.05, 0) is 31.8 Å². The van der Waals surface area contributed by atoms with Crippen LogP contribution in [0.15, 0.2) is 33.9 Å². The quantitative estimate of drug-likeness (QED) is 0.760. The lowest BCUT2D eigenvalue weighted by molar-refractivity contribution is 0.425. The summed E-state index contributed by atoms with van der Waals surface area (Å²) in [6.45, 7) is 1.85. The molecule has 0 bridgehead atoms. The molecule has 0 heterocycles. The fourth-order valence-corrected chi connectivity index (χ4v) is 2.18. The zero-order chi connectivity index (χ0) is 15.4. The van der Waals surface area contributed by atoms with Crippen molar-refractivity contribution in [2.45, 2.75) is 6.54 Å². The van der Waals surface area contributed by atoms with Crippen LogP contribution < -0.4 is 21.5 Å². The van der Waals surface area contributed by atoms with Crippen molar-refractivity contribution in [2.75, 3.05) is 37.8 Å². The minimum Gasteiger partial charge on any atom is -0.379 e. The maximum Gasteiger partial charge on any atom is 0.253 e. The van der Waals surface area contributed by atoms with Gasteiger partial charge < -0.3 is 15.5 Å². The SMILES string of the molecule is CN(C)CCNc1c(NCc2cccc(Cl)c2)c(=O)c1=O. The van der Waals surface area contributed by atoms with E-state index in [1.54, 1.807) is 6.07 Å². The molecule has 2 aromatic carbocycles. The van der Waals surface area contributed by atoms with Crippen LogP contribution >= 0.6 is 11.6 Å². The Hall–Kier alpha value is -1.85. The van der Waals surface area contributed by atoms with E-state index >= 15 is 0 Å². The normalized spacial score (nSPS) is 11.0. The van der Waals surface area contributed by atoms with E-state index in [0.29, 0.717) is 29.5 Å². The monoisotopic (exact) mass is 307 g/mol. The van der Waals surface area contributed by atoms with Crippen molar-refractivity contribution in [1.82, 2.24) is 4.90 Å². The molecule has 0 saturated heterocycles. The lowest BCUT2D eigenvalue weighted by atomic mass is 10.1. The van der Waals surface area contributed by atoms with Gasteiger partial charge >= 0.3 is 0 Å². The topological polar surface area (TPSA) is 61.4 Å². The summed E-state index contributed by atoms with van der Waals surface area (Å²) in [4.78, 5) is 25.2. The summed E-state index contributed by atoms with van der Waals surface area (Å²) in [5.41, 5.74) is 0.768. The zero-order valence-corrected chi connectivity index (χ0v) is 12.8. The molecule has 0 aliphatic carbocycles. The Morgan fingerprint density at radius 3 is 2.38 bits per heavy atom. The molecule has 0 saturated carbocycles. The Morgan fingerprint density at radius 1 is 1.10 bits per heavy atom. The summed E-state index contributed by atoms with van der Waals surface area (Å²) in [6, 6.07) is 7.36. The minimum atomic E-state index is -0.468. The van der Waals surface area contributed by atoms with Gasteiger partial charge in [0.15, 0.2) is 0 Å². The van der Waals surface area contributed by atoms with Crippen molar-refractivity contribution < 1.29 is 0 Å². The summed E-state index contributed by atoms with van der Waals surface area (Å²) in [5, 5.41) is 6.66. The van der Waals surface area contributed by atoms with Gasteiger partial charge in [-0.2, -0.15) is 0 Å². The Kier molecular flexibility index (Phi) is 4.98. The first-order valence-corrected chi connectivity index (χ1v) is 7.07. The predicted molar refractivity (Wildman–Crippen MR) is 87.2 cm³/mol. The van der Waals surface area contributed by atoms with Gasteiger partial charge in [-0.1, -0.05) is 23.7 Å². The highest BCUT2D eigenvalue weighted by Crippen LogP contribution is 2.16. The summed E-state index contributed by atoms with van der Waals surface area (Å²) < 4.78 is 0. The first-order valence-electron chi connectivity index (χ1n) is 6.69. The molecule has 0 fully saturated rings. The molecule has 0 spiro atoms. The number of hydrogen-bond acceptors (Lipinski definition) is 5. The van der Waals surface area contributed by atoms with E-state index in [4.69, 9.17) is 11.6 Å². The van der Waals surface area contributed by atoms with Gasteiger partial charge in [-0.3, -0.25) is 9.59 Å². The highest BCUT2D eigenvalue weighted by molar-refractivity contribution is 6.30. The third kappa shape index (κ3) is 3.83. The molecular formula is C15H18ClN3O2. The van der Waals surface area contributed by atoms with Crippen LogP contribution in [0.1, 0.15) is 5.56 Å². The molecule has 0 atom stereocenters. The maximum atomic E-state index is 11.6. The van der Waals surface area contributed by atoms with E-state index < -0.39 is 10.9 Å². The molecule has 0 radical (unpaired) electrons. The van der Waals surface area contributed by atoms with E-state index in [1.165, 1.54) is 0 Å². The van der Waals surface area contributed by atoms with Gasteiger partial charge in [0.2, 0.25) is 0 Å². The number of halogens is 1. The molecular weight excluding hydrogens is 290 g/mol. The molecule has 21 heavy (non-hydrogen) atoms. The molecule has 0 unspecified atom stereocenters. The highest BCUT2D eigenvalue weighted by Gasteiger charge is 2.20. The number of likely N-dealkylation sites (N-methyl/N-ethyl adjacent to an activating group) is 1. The van der Waals surface area contributed by atoms with Crippen LogP contribution in [0.4, 0.5) is 11.4 Å². The van der Waals surface area contributed by atoms with Gasteiger partial charge in [-0.25, -0.2) is 0 Å². The van der Waals surface area contributed by atoms with Crippen LogP contribution in [0.5, 0.6) is 0 Å². The molecule has 2 aromatic rings. The lowest BCUT2D eigenvalue weighted by Crippen LogP contribution is -2.38.